The van der Waals surface area contributed by atoms with Crippen molar-refractivity contribution in [2.45, 2.75) is 32.2 Å². The molecule has 1 unspecified atom stereocenters. The summed E-state index contributed by atoms with van der Waals surface area (Å²) in [6, 6.07) is 7.26. The molecule has 100 valence electrons. The molecule has 2 rings (SSSR count). The standard InChI is InChI=1S/C15H23ClN2/c1-4-14-11-18(8-7-17(14)3)15-6-5-13(10-16)9-12(15)2/h5-6,9,14H,4,7-8,10-11H2,1-3H3. The highest BCUT2D eigenvalue weighted by Gasteiger charge is 2.23. The summed E-state index contributed by atoms with van der Waals surface area (Å²) < 4.78 is 0. The summed E-state index contributed by atoms with van der Waals surface area (Å²) in [6.07, 6.45) is 1.21. The van der Waals surface area contributed by atoms with Gasteiger partial charge in [0.25, 0.3) is 0 Å². The van der Waals surface area contributed by atoms with E-state index >= 15 is 0 Å². The van der Waals surface area contributed by atoms with Gasteiger partial charge in [0.1, 0.15) is 0 Å². The number of rotatable bonds is 3. The Morgan fingerprint density at radius 2 is 2.11 bits per heavy atom. The van der Waals surface area contributed by atoms with Crippen molar-refractivity contribution in [3.8, 4) is 0 Å². The van der Waals surface area contributed by atoms with E-state index in [4.69, 9.17) is 11.6 Å². The summed E-state index contributed by atoms with van der Waals surface area (Å²) in [4.78, 5) is 4.99. The number of piperazine rings is 1. The van der Waals surface area contributed by atoms with Crippen LogP contribution in [-0.2, 0) is 5.88 Å². The van der Waals surface area contributed by atoms with E-state index in [1.807, 2.05) is 0 Å². The fourth-order valence-corrected chi connectivity index (χ4v) is 2.93. The summed E-state index contributed by atoms with van der Waals surface area (Å²) >= 11 is 5.88. The van der Waals surface area contributed by atoms with E-state index in [2.05, 4.69) is 48.9 Å². The Bertz CT molecular complexity index is 405. The predicted octanol–water partition coefficient (Wildman–Crippen LogP) is 3.26. The number of nitrogens with zero attached hydrogens (tertiary/aromatic N) is 2. The minimum absolute atomic E-state index is 0.599. The topological polar surface area (TPSA) is 6.48 Å². The number of hydrogen-bond acceptors (Lipinski definition) is 2. The second-order valence-electron chi connectivity index (χ2n) is 5.24. The number of benzene rings is 1. The molecule has 1 aliphatic rings. The largest absolute Gasteiger partial charge is 0.368 e. The highest BCUT2D eigenvalue weighted by atomic mass is 35.5. The first-order valence-electron chi connectivity index (χ1n) is 6.76. The molecule has 1 aromatic carbocycles. The molecule has 1 aliphatic heterocycles. The third-order valence-electron chi connectivity index (χ3n) is 4.00. The number of hydrogen-bond donors (Lipinski definition) is 0. The molecule has 0 N–H and O–H groups in total. The van der Waals surface area contributed by atoms with E-state index in [-0.39, 0.29) is 0 Å². The van der Waals surface area contributed by atoms with Gasteiger partial charge in [0, 0.05) is 37.2 Å². The lowest BCUT2D eigenvalue weighted by atomic mass is 10.1. The van der Waals surface area contributed by atoms with Gasteiger partial charge in [-0.3, -0.25) is 4.90 Å². The summed E-state index contributed by atoms with van der Waals surface area (Å²) in [5.74, 6) is 0.599. The molecule has 2 nitrogen and oxygen atoms in total. The van der Waals surface area contributed by atoms with Crippen LogP contribution in [0.25, 0.3) is 0 Å². The zero-order valence-electron chi connectivity index (χ0n) is 11.6. The van der Waals surface area contributed by atoms with Gasteiger partial charge in [-0.2, -0.15) is 0 Å². The molecule has 0 radical (unpaired) electrons. The van der Waals surface area contributed by atoms with Crippen LogP contribution in [0.1, 0.15) is 24.5 Å². The molecule has 0 spiro atoms. The first-order chi connectivity index (χ1) is 8.65. The molecule has 1 aromatic rings. The van der Waals surface area contributed by atoms with Gasteiger partial charge in [0.05, 0.1) is 0 Å². The van der Waals surface area contributed by atoms with Gasteiger partial charge in [-0.05, 0) is 37.6 Å². The van der Waals surface area contributed by atoms with Crippen LogP contribution in [0, 0.1) is 6.92 Å². The van der Waals surface area contributed by atoms with Crippen molar-refractivity contribution in [2.75, 3.05) is 31.6 Å². The molecule has 0 bridgehead atoms. The van der Waals surface area contributed by atoms with Crippen molar-refractivity contribution in [2.24, 2.45) is 0 Å². The molecule has 18 heavy (non-hydrogen) atoms. The zero-order valence-corrected chi connectivity index (χ0v) is 12.4. The van der Waals surface area contributed by atoms with Crippen molar-refractivity contribution in [3.63, 3.8) is 0 Å². The van der Waals surface area contributed by atoms with Crippen molar-refractivity contribution in [3.05, 3.63) is 29.3 Å². The highest BCUT2D eigenvalue weighted by molar-refractivity contribution is 6.17. The van der Waals surface area contributed by atoms with Crippen molar-refractivity contribution < 1.29 is 0 Å². The maximum absolute atomic E-state index is 5.88. The predicted molar refractivity (Wildman–Crippen MR) is 79.7 cm³/mol. The quantitative estimate of drug-likeness (QED) is 0.775. The Labute approximate surface area is 116 Å². The molecule has 1 saturated heterocycles. The van der Waals surface area contributed by atoms with Crippen LogP contribution in [0.4, 0.5) is 5.69 Å². The lowest BCUT2D eigenvalue weighted by Crippen LogP contribution is -2.51. The normalized spacial score (nSPS) is 21.3. The van der Waals surface area contributed by atoms with Crippen LogP contribution in [0.15, 0.2) is 18.2 Å². The number of alkyl halides is 1. The van der Waals surface area contributed by atoms with Gasteiger partial charge >= 0.3 is 0 Å². The van der Waals surface area contributed by atoms with Crippen LogP contribution in [0.5, 0.6) is 0 Å². The van der Waals surface area contributed by atoms with Gasteiger partial charge in [-0.1, -0.05) is 19.1 Å². The second-order valence-corrected chi connectivity index (χ2v) is 5.51. The first-order valence-corrected chi connectivity index (χ1v) is 7.29. The average Bonchev–Trinajstić information content (AvgIpc) is 2.39. The molecular formula is C15H23ClN2. The van der Waals surface area contributed by atoms with Gasteiger partial charge in [0.15, 0.2) is 0 Å². The Morgan fingerprint density at radius 3 is 2.72 bits per heavy atom. The van der Waals surface area contributed by atoms with Gasteiger partial charge in [0.2, 0.25) is 0 Å². The maximum Gasteiger partial charge on any atom is 0.0474 e. The van der Waals surface area contributed by atoms with Crippen molar-refractivity contribution >= 4 is 17.3 Å². The van der Waals surface area contributed by atoms with E-state index in [1.165, 1.54) is 23.2 Å². The first kappa shape index (κ1) is 13.7. The SMILES string of the molecule is CCC1CN(c2ccc(CCl)cc2C)CCN1C. The third-order valence-corrected chi connectivity index (χ3v) is 4.31. The van der Waals surface area contributed by atoms with E-state index in [0.29, 0.717) is 11.9 Å². The third kappa shape index (κ3) is 2.81. The molecule has 3 heteroatoms. The highest BCUT2D eigenvalue weighted by Crippen LogP contribution is 2.25. The fraction of sp³-hybridized carbons (Fsp3) is 0.600. The minimum Gasteiger partial charge on any atom is -0.368 e. The van der Waals surface area contributed by atoms with E-state index in [9.17, 15) is 0 Å². The molecule has 1 fully saturated rings. The Hall–Kier alpha value is -0.730. The van der Waals surface area contributed by atoms with Gasteiger partial charge < -0.3 is 4.90 Å². The van der Waals surface area contributed by atoms with Crippen molar-refractivity contribution in [1.82, 2.24) is 4.90 Å². The summed E-state index contributed by atoms with van der Waals surface area (Å²) in [6.45, 7) is 7.86. The summed E-state index contributed by atoms with van der Waals surface area (Å²) in [5.41, 5.74) is 3.92. The second kappa shape index (κ2) is 5.94. The lowest BCUT2D eigenvalue weighted by Gasteiger charge is -2.41. The number of likely N-dealkylation sites (N-methyl/N-ethyl adjacent to an activating group) is 1. The molecule has 0 amide bonds. The van der Waals surface area contributed by atoms with Crippen LogP contribution in [-0.4, -0.2) is 37.6 Å². The molecule has 1 heterocycles. The maximum atomic E-state index is 5.88. The van der Waals surface area contributed by atoms with Crippen LogP contribution < -0.4 is 4.90 Å². The van der Waals surface area contributed by atoms with Gasteiger partial charge in [-0.25, -0.2) is 0 Å². The van der Waals surface area contributed by atoms with Crippen LogP contribution >= 0.6 is 11.6 Å². The molecule has 1 atom stereocenters. The Balaban J connectivity index is 2.16. The molecule has 0 aromatic heterocycles. The monoisotopic (exact) mass is 266 g/mol. The number of halogens is 1. The summed E-state index contributed by atoms with van der Waals surface area (Å²) in [5, 5.41) is 0. The molecule has 0 aliphatic carbocycles. The van der Waals surface area contributed by atoms with Crippen LogP contribution in [0.2, 0.25) is 0 Å². The van der Waals surface area contributed by atoms with Gasteiger partial charge in [-0.15, -0.1) is 11.6 Å². The van der Waals surface area contributed by atoms with Crippen molar-refractivity contribution in [1.29, 1.82) is 0 Å². The van der Waals surface area contributed by atoms with E-state index in [0.717, 1.165) is 19.6 Å². The van der Waals surface area contributed by atoms with E-state index in [1.54, 1.807) is 0 Å². The molecular weight excluding hydrogens is 244 g/mol. The van der Waals surface area contributed by atoms with Crippen LogP contribution in [0.3, 0.4) is 0 Å². The number of anilines is 1. The number of aryl methyl sites for hydroxylation is 1. The zero-order chi connectivity index (χ0) is 13.1. The average molecular weight is 267 g/mol. The minimum atomic E-state index is 0.599. The Kier molecular flexibility index (Phi) is 4.52. The van der Waals surface area contributed by atoms with E-state index < -0.39 is 0 Å². The molecule has 0 saturated carbocycles. The smallest absolute Gasteiger partial charge is 0.0474 e. The Morgan fingerprint density at radius 1 is 1.33 bits per heavy atom. The lowest BCUT2D eigenvalue weighted by molar-refractivity contribution is 0.213. The summed E-state index contributed by atoms with van der Waals surface area (Å²) in [7, 11) is 2.23. The fourth-order valence-electron chi connectivity index (χ4n) is 2.76.